The van der Waals surface area contributed by atoms with Gasteiger partial charge < -0.3 is 19.2 Å². The second-order valence-electron chi connectivity index (χ2n) is 5.82. The van der Waals surface area contributed by atoms with E-state index in [-0.39, 0.29) is 11.6 Å². The number of rotatable bonds is 5. The van der Waals surface area contributed by atoms with Crippen LogP contribution in [0, 0.1) is 13.8 Å². The second-order valence-corrected chi connectivity index (χ2v) is 5.82. The van der Waals surface area contributed by atoms with E-state index in [2.05, 4.69) is 10.3 Å². The number of aromatic nitrogens is 1. The number of amides is 1. The third kappa shape index (κ3) is 3.26. The van der Waals surface area contributed by atoms with Crippen molar-refractivity contribution in [3.63, 3.8) is 0 Å². The van der Waals surface area contributed by atoms with E-state index in [4.69, 9.17) is 13.9 Å². The van der Waals surface area contributed by atoms with E-state index >= 15 is 0 Å². The number of aryl methyl sites for hydroxylation is 2. The quantitative estimate of drug-likeness (QED) is 0.744. The summed E-state index contributed by atoms with van der Waals surface area (Å²) >= 11 is 0. The summed E-state index contributed by atoms with van der Waals surface area (Å²) in [6.45, 7) is 3.89. The van der Waals surface area contributed by atoms with E-state index in [9.17, 15) is 4.79 Å². The molecule has 6 nitrogen and oxygen atoms in total. The molecule has 134 valence electrons. The average Bonchev–Trinajstić information content (AvgIpc) is 3.14. The fourth-order valence-corrected chi connectivity index (χ4v) is 2.77. The summed E-state index contributed by atoms with van der Waals surface area (Å²) in [5, 5.41) is 2.92. The van der Waals surface area contributed by atoms with Crippen LogP contribution >= 0.6 is 0 Å². The number of para-hydroxylation sites is 1. The van der Waals surface area contributed by atoms with Crippen LogP contribution in [0.4, 0.5) is 5.69 Å². The number of carbonyl (C=O) groups is 1. The minimum absolute atomic E-state index is 0.208. The minimum Gasteiger partial charge on any atom is -0.493 e. The van der Waals surface area contributed by atoms with Crippen LogP contribution in [0.5, 0.6) is 11.5 Å². The van der Waals surface area contributed by atoms with Crippen LogP contribution < -0.4 is 14.8 Å². The molecular formula is C20H20N2O4. The molecule has 1 heterocycles. The summed E-state index contributed by atoms with van der Waals surface area (Å²) in [5.74, 6) is 1.18. The number of ether oxygens (including phenoxy) is 2. The lowest BCUT2D eigenvalue weighted by molar-refractivity contribution is 0.102. The summed E-state index contributed by atoms with van der Waals surface area (Å²) in [5.41, 5.74) is 3.62. The van der Waals surface area contributed by atoms with Gasteiger partial charge in [0.05, 0.1) is 14.2 Å². The fourth-order valence-electron chi connectivity index (χ4n) is 2.77. The van der Waals surface area contributed by atoms with Crippen LogP contribution in [0.3, 0.4) is 0 Å². The molecule has 0 aliphatic carbocycles. The van der Waals surface area contributed by atoms with E-state index in [0.29, 0.717) is 22.8 Å². The lowest BCUT2D eigenvalue weighted by Gasteiger charge is -2.11. The summed E-state index contributed by atoms with van der Waals surface area (Å²) in [4.78, 5) is 16.9. The van der Waals surface area contributed by atoms with E-state index < -0.39 is 0 Å². The Bertz CT molecular complexity index is 926. The van der Waals surface area contributed by atoms with Crippen LogP contribution in [0.15, 0.2) is 47.2 Å². The summed E-state index contributed by atoms with van der Waals surface area (Å²) < 4.78 is 16.0. The first-order valence-electron chi connectivity index (χ1n) is 8.08. The van der Waals surface area contributed by atoms with Crippen molar-refractivity contribution < 1.29 is 18.7 Å². The van der Waals surface area contributed by atoms with Crippen molar-refractivity contribution in [2.24, 2.45) is 0 Å². The van der Waals surface area contributed by atoms with Gasteiger partial charge in [-0.25, -0.2) is 4.98 Å². The van der Waals surface area contributed by atoms with Gasteiger partial charge in [-0.3, -0.25) is 4.79 Å². The maximum Gasteiger partial charge on any atom is 0.278 e. The molecule has 1 amide bonds. The zero-order valence-corrected chi connectivity index (χ0v) is 15.1. The Balaban J connectivity index is 1.95. The monoisotopic (exact) mass is 352 g/mol. The molecule has 0 aliphatic rings. The SMILES string of the molecule is COc1ccc(-c2ocnc2C(=O)Nc2c(C)cccc2C)cc1OC. The number of nitrogens with one attached hydrogen (secondary N) is 1. The van der Waals surface area contributed by atoms with E-state index in [1.165, 1.54) is 6.39 Å². The number of methoxy groups -OCH3 is 2. The zero-order valence-electron chi connectivity index (χ0n) is 15.1. The molecule has 0 unspecified atom stereocenters. The molecule has 1 aromatic heterocycles. The molecule has 0 saturated heterocycles. The maximum absolute atomic E-state index is 12.8. The average molecular weight is 352 g/mol. The fraction of sp³-hybridized carbons (Fsp3) is 0.200. The van der Waals surface area contributed by atoms with E-state index in [0.717, 1.165) is 16.8 Å². The first-order chi connectivity index (χ1) is 12.5. The van der Waals surface area contributed by atoms with Crippen LogP contribution in [0.2, 0.25) is 0 Å². The molecule has 2 aromatic carbocycles. The van der Waals surface area contributed by atoms with Crippen molar-refractivity contribution in [3.8, 4) is 22.8 Å². The standard InChI is InChI=1S/C20H20N2O4/c1-12-6-5-7-13(2)17(12)22-20(23)18-19(26-11-21-18)14-8-9-15(24-3)16(10-14)25-4/h5-11H,1-4H3,(H,22,23). The lowest BCUT2D eigenvalue weighted by Crippen LogP contribution is -2.15. The largest absolute Gasteiger partial charge is 0.493 e. The molecule has 3 rings (SSSR count). The third-order valence-electron chi connectivity index (χ3n) is 4.15. The maximum atomic E-state index is 12.8. The molecule has 0 bridgehead atoms. The number of nitrogens with zero attached hydrogens (tertiary/aromatic N) is 1. The van der Waals surface area contributed by atoms with Gasteiger partial charge in [-0.2, -0.15) is 0 Å². The van der Waals surface area contributed by atoms with Gasteiger partial charge in [0.15, 0.2) is 29.3 Å². The van der Waals surface area contributed by atoms with Crippen molar-refractivity contribution in [2.45, 2.75) is 13.8 Å². The highest BCUT2D eigenvalue weighted by atomic mass is 16.5. The molecule has 0 saturated carbocycles. The van der Waals surface area contributed by atoms with Crippen LogP contribution in [0.1, 0.15) is 21.6 Å². The topological polar surface area (TPSA) is 73.6 Å². The Hall–Kier alpha value is -3.28. The number of anilines is 1. The van der Waals surface area contributed by atoms with Crippen molar-refractivity contribution >= 4 is 11.6 Å². The highest BCUT2D eigenvalue weighted by Crippen LogP contribution is 2.33. The Morgan fingerprint density at radius 3 is 2.38 bits per heavy atom. The van der Waals surface area contributed by atoms with Gasteiger partial charge in [0.25, 0.3) is 5.91 Å². The third-order valence-corrected chi connectivity index (χ3v) is 4.15. The highest BCUT2D eigenvalue weighted by molar-refractivity contribution is 6.07. The predicted octanol–water partition coefficient (Wildman–Crippen LogP) is 4.23. The Kier molecular flexibility index (Phi) is 4.93. The lowest BCUT2D eigenvalue weighted by atomic mass is 10.1. The van der Waals surface area contributed by atoms with Crippen LogP contribution in [-0.2, 0) is 0 Å². The molecule has 0 fully saturated rings. The van der Waals surface area contributed by atoms with Crippen molar-refractivity contribution in [3.05, 3.63) is 59.6 Å². The van der Waals surface area contributed by atoms with Gasteiger partial charge in [0, 0.05) is 11.3 Å². The van der Waals surface area contributed by atoms with Crippen LogP contribution in [-0.4, -0.2) is 25.1 Å². The van der Waals surface area contributed by atoms with E-state index in [1.54, 1.807) is 32.4 Å². The van der Waals surface area contributed by atoms with Crippen molar-refractivity contribution in [1.29, 1.82) is 0 Å². The number of hydrogen-bond acceptors (Lipinski definition) is 5. The summed E-state index contributed by atoms with van der Waals surface area (Å²) in [6.07, 6.45) is 1.26. The minimum atomic E-state index is -0.332. The van der Waals surface area contributed by atoms with E-state index in [1.807, 2.05) is 32.0 Å². The van der Waals surface area contributed by atoms with Crippen molar-refractivity contribution in [1.82, 2.24) is 4.98 Å². The van der Waals surface area contributed by atoms with Gasteiger partial charge in [0.1, 0.15) is 0 Å². The zero-order chi connectivity index (χ0) is 18.7. The van der Waals surface area contributed by atoms with Gasteiger partial charge in [-0.1, -0.05) is 18.2 Å². The highest BCUT2D eigenvalue weighted by Gasteiger charge is 2.20. The Morgan fingerprint density at radius 1 is 1.04 bits per heavy atom. The molecule has 1 N–H and O–H groups in total. The van der Waals surface area contributed by atoms with Gasteiger partial charge >= 0.3 is 0 Å². The van der Waals surface area contributed by atoms with Crippen molar-refractivity contribution in [2.75, 3.05) is 19.5 Å². The molecule has 6 heteroatoms. The number of carbonyl (C=O) groups excluding carboxylic acids is 1. The van der Waals surface area contributed by atoms with Crippen LogP contribution in [0.25, 0.3) is 11.3 Å². The molecule has 0 aliphatic heterocycles. The Labute approximate surface area is 151 Å². The normalized spacial score (nSPS) is 10.5. The summed E-state index contributed by atoms with van der Waals surface area (Å²) in [6, 6.07) is 11.1. The predicted molar refractivity (Wildman–Crippen MR) is 98.9 cm³/mol. The van der Waals surface area contributed by atoms with Gasteiger partial charge in [0.2, 0.25) is 0 Å². The molecule has 0 atom stereocenters. The second kappa shape index (κ2) is 7.31. The smallest absolute Gasteiger partial charge is 0.278 e. The number of hydrogen-bond donors (Lipinski definition) is 1. The number of oxazole rings is 1. The number of benzene rings is 2. The molecule has 3 aromatic rings. The first kappa shape index (κ1) is 17.5. The molecular weight excluding hydrogens is 332 g/mol. The first-order valence-corrected chi connectivity index (χ1v) is 8.08. The summed E-state index contributed by atoms with van der Waals surface area (Å²) in [7, 11) is 3.12. The molecule has 0 radical (unpaired) electrons. The Morgan fingerprint density at radius 2 is 1.73 bits per heavy atom. The molecule has 26 heavy (non-hydrogen) atoms. The van der Waals surface area contributed by atoms with Gasteiger partial charge in [-0.15, -0.1) is 0 Å². The van der Waals surface area contributed by atoms with Gasteiger partial charge in [-0.05, 0) is 43.2 Å². The molecule has 0 spiro atoms.